The van der Waals surface area contributed by atoms with Gasteiger partial charge in [-0.3, -0.25) is 4.79 Å². The first-order valence-electron chi connectivity index (χ1n) is 7.26. The van der Waals surface area contributed by atoms with Crippen molar-refractivity contribution in [3.05, 3.63) is 83.0 Å². The predicted molar refractivity (Wildman–Crippen MR) is 93.3 cm³/mol. The summed E-state index contributed by atoms with van der Waals surface area (Å²) in [5, 5.41) is 5.64. The number of benzene rings is 2. The Labute approximate surface area is 147 Å². The predicted octanol–water partition coefficient (Wildman–Crippen LogP) is 5.01. The molecule has 3 aromatic rings. The van der Waals surface area contributed by atoms with Gasteiger partial charge in [0, 0.05) is 11.3 Å². The van der Waals surface area contributed by atoms with E-state index in [0.29, 0.717) is 22.8 Å². The minimum Gasteiger partial charge on any atom is -0.340 e. The standard InChI is InChI=1S/C18H12ClF2N3O/c19-15-9-13(5-7-16(15)21)23-17-8-6-14(10-22-17)24-18(25)11-1-3-12(20)4-2-11/h1-10H,(H,22,23)(H,24,25). The van der Waals surface area contributed by atoms with Crippen molar-refractivity contribution in [2.24, 2.45) is 0 Å². The lowest BCUT2D eigenvalue weighted by Gasteiger charge is -2.08. The summed E-state index contributed by atoms with van der Waals surface area (Å²) in [5.74, 6) is -0.774. The number of nitrogens with zero attached hydrogens (tertiary/aromatic N) is 1. The molecule has 1 heterocycles. The van der Waals surface area contributed by atoms with Crippen LogP contribution in [-0.4, -0.2) is 10.9 Å². The van der Waals surface area contributed by atoms with Crippen LogP contribution in [0.15, 0.2) is 60.8 Å². The van der Waals surface area contributed by atoms with Crippen LogP contribution in [0.3, 0.4) is 0 Å². The summed E-state index contributed by atoms with van der Waals surface area (Å²) in [6, 6.07) is 12.8. The van der Waals surface area contributed by atoms with Gasteiger partial charge in [-0.1, -0.05) is 11.6 Å². The number of carbonyl (C=O) groups excluding carboxylic acids is 1. The second kappa shape index (κ2) is 7.27. The Morgan fingerprint density at radius 2 is 1.68 bits per heavy atom. The van der Waals surface area contributed by atoms with Gasteiger partial charge in [-0.05, 0) is 54.6 Å². The van der Waals surface area contributed by atoms with E-state index < -0.39 is 11.6 Å². The number of hydrogen-bond donors (Lipinski definition) is 2. The zero-order valence-corrected chi connectivity index (χ0v) is 13.5. The minimum absolute atomic E-state index is 0.00758. The molecule has 0 saturated carbocycles. The second-order valence-corrected chi connectivity index (χ2v) is 5.55. The molecule has 0 saturated heterocycles. The highest BCUT2D eigenvalue weighted by Gasteiger charge is 2.07. The summed E-state index contributed by atoms with van der Waals surface area (Å²) in [5.41, 5.74) is 1.41. The molecular weight excluding hydrogens is 348 g/mol. The molecule has 0 aliphatic heterocycles. The fourth-order valence-corrected chi connectivity index (χ4v) is 2.25. The van der Waals surface area contributed by atoms with Gasteiger partial charge < -0.3 is 10.6 Å². The third-order valence-corrected chi connectivity index (χ3v) is 3.61. The van der Waals surface area contributed by atoms with Crippen LogP contribution in [-0.2, 0) is 0 Å². The molecule has 2 aromatic carbocycles. The van der Waals surface area contributed by atoms with Crippen molar-refractivity contribution in [2.45, 2.75) is 0 Å². The Bertz CT molecular complexity index is 899. The van der Waals surface area contributed by atoms with E-state index in [-0.39, 0.29) is 10.9 Å². The third kappa shape index (κ3) is 4.30. The van der Waals surface area contributed by atoms with Crippen molar-refractivity contribution < 1.29 is 13.6 Å². The van der Waals surface area contributed by atoms with E-state index in [0.717, 1.165) is 0 Å². The highest BCUT2D eigenvalue weighted by molar-refractivity contribution is 6.31. The molecule has 0 aliphatic carbocycles. The van der Waals surface area contributed by atoms with Crippen LogP contribution in [0.4, 0.5) is 26.0 Å². The lowest BCUT2D eigenvalue weighted by molar-refractivity contribution is 0.102. The topological polar surface area (TPSA) is 54.0 Å². The summed E-state index contributed by atoms with van der Waals surface area (Å²) in [6.07, 6.45) is 1.47. The number of aromatic nitrogens is 1. The van der Waals surface area contributed by atoms with Crippen molar-refractivity contribution in [2.75, 3.05) is 10.6 Å². The molecule has 1 amide bonds. The molecule has 25 heavy (non-hydrogen) atoms. The third-order valence-electron chi connectivity index (χ3n) is 3.32. The highest BCUT2D eigenvalue weighted by atomic mass is 35.5. The molecule has 7 heteroatoms. The normalized spacial score (nSPS) is 10.4. The molecule has 4 nitrogen and oxygen atoms in total. The van der Waals surface area contributed by atoms with Gasteiger partial charge in [0.15, 0.2) is 0 Å². The number of amides is 1. The molecule has 0 aliphatic rings. The van der Waals surface area contributed by atoms with Gasteiger partial charge in [-0.15, -0.1) is 0 Å². The zero-order valence-electron chi connectivity index (χ0n) is 12.8. The van der Waals surface area contributed by atoms with Crippen molar-refractivity contribution in [3.8, 4) is 0 Å². The molecule has 0 atom stereocenters. The fourth-order valence-electron chi connectivity index (χ4n) is 2.07. The van der Waals surface area contributed by atoms with E-state index >= 15 is 0 Å². The molecule has 1 aromatic heterocycles. The van der Waals surface area contributed by atoms with Gasteiger partial charge >= 0.3 is 0 Å². The Morgan fingerprint density at radius 1 is 0.960 bits per heavy atom. The average molecular weight is 360 g/mol. The first kappa shape index (κ1) is 16.9. The maximum absolute atomic E-state index is 13.1. The lowest BCUT2D eigenvalue weighted by Crippen LogP contribution is -2.12. The molecular formula is C18H12ClF2N3O. The number of anilines is 3. The monoisotopic (exact) mass is 359 g/mol. The lowest BCUT2D eigenvalue weighted by atomic mass is 10.2. The smallest absolute Gasteiger partial charge is 0.255 e. The maximum atomic E-state index is 13.1. The molecule has 0 spiro atoms. The van der Waals surface area contributed by atoms with E-state index in [1.165, 1.54) is 48.7 Å². The van der Waals surface area contributed by atoms with Crippen molar-refractivity contribution >= 4 is 34.7 Å². The summed E-state index contributed by atoms with van der Waals surface area (Å²) in [7, 11) is 0. The van der Waals surface area contributed by atoms with Gasteiger partial charge in [-0.25, -0.2) is 13.8 Å². The number of nitrogens with one attached hydrogen (secondary N) is 2. The molecule has 3 rings (SSSR count). The van der Waals surface area contributed by atoms with E-state index in [1.807, 2.05) is 0 Å². The minimum atomic E-state index is -0.501. The van der Waals surface area contributed by atoms with Crippen molar-refractivity contribution in [1.29, 1.82) is 0 Å². The van der Waals surface area contributed by atoms with Crippen LogP contribution in [0, 0.1) is 11.6 Å². The average Bonchev–Trinajstić information content (AvgIpc) is 2.60. The molecule has 0 unspecified atom stereocenters. The number of pyridine rings is 1. The van der Waals surface area contributed by atoms with E-state index in [9.17, 15) is 13.6 Å². The quantitative estimate of drug-likeness (QED) is 0.688. The van der Waals surface area contributed by atoms with Crippen LogP contribution < -0.4 is 10.6 Å². The Kier molecular flexibility index (Phi) is 4.90. The Morgan fingerprint density at radius 3 is 2.32 bits per heavy atom. The van der Waals surface area contributed by atoms with Gasteiger partial charge in [0.2, 0.25) is 0 Å². The first-order valence-corrected chi connectivity index (χ1v) is 7.64. The van der Waals surface area contributed by atoms with Gasteiger partial charge in [0.25, 0.3) is 5.91 Å². The van der Waals surface area contributed by atoms with Crippen molar-refractivity contribution in [1.82, 2.24) is 4.98 Å². The molecule has 0 bridgehead atoms. The fraction of sp³-hybridized carbons (Fsp3) is 0. The Hall–Kier alpha value is -2.99. The van der Waals surface area contributed by atoms with Gasteiger partial charge in [0.1, 0.15) is 17.5 Å². The number of hydrogen-bond acceptors (Lipinski definition) is 3. The van der Waals surface area contributed by atoms with Crippen molar-refractivity contribution in [3.63, 3.8) is 0 Å². The number of rotatable bonds is 4. The van der Waals surface area contributed by atoms with Crippen LogP contribution in [0.2, 0.25) is 5.02 Å². The van der Waals surface area contributed by atoms with E-state index in [1.54, 1.807) is 12.1 Å². The number of carbonyl (C=O) groups is 1. The summed E-state index contributed by atoms with van der Waals surface area (Å²) in [6.45, 7) is 0. The largest absolute Gasteiger partial charge is 0.340 e. The van der Waals surface area contributed by atoms with Gasteiger partial charge in [-0.2, -0.15) is 0 Å². The molecule has 0 fully saturated rings. The van der Waals surface area contributed by atoms with Gasteiger partial charge in [0.05, 0.1) is 16.9 Å². The maximum Gasteiger partial charge on any atom is 0.255 e. The van der Waals surface area contributed by atoms with E-state index in [4.69, 9.17) is 11.6 Å². The van der Waals surface area contributed by atoms with Crippen LogP contribution >= 0.6 is 11.6 Å². The second-order valence-electron chi connectivity index (χ2n) is 5.15. The SMILES string of the molecule is O=C(Nc1ccc(Nc2ccc(F)c(Cl)c2)nc1)c1ccc(F)cc1. The molecule has 0 radical (unpaired) electrons. The van der Waals surface area contributed by atoms with Crippen LogP contribution in [0.5, 0.6) is 0 Å². The molecule has 126 valence electrons. The number of halogens is 3. The summed E-state index contributed by atoms with van der Waals surface area (Å²) >= 11 is 5.72. The highest BCUT2D eigenvalue weighted by Crippen LogP contribution is 2.22. The summed E-state index contributed by atoms with van der Waals surface area (Å²) in [4.78, 5) is 16.2. The Balaban J connectivity index is 1.66. The molecule has 2 N–H and O–H groups in total. The van der Waals surface area contributed by atoms with Crippen LogP contribution in [0.25, 0.3) is 0 Å². The van der Waals surface area contributed by atoms with E-state index in [2.05, 4.69) is 15.6 Å². The first-order chi connectivity index (χ1) is 12.0. The summed E-state index contributed by atoms with van der Waals surface area (Å²) < 4.78 is 26.0. The zero-order chi connectivity index (χ0) is 17.8. The van der Waals surface area contributed by atoms with Crippen LogP contribution in [0.1, 0.15) is 10.4 Å².